The monoisotopic (exact) mass is 424 g/mol. The molecule has 31 heavy (non-hydrogen) atoms. The highest BCUT2D eigenvalue weighted by molar-refractivity contribution is 5.75. The van der Waals surface area contributed by atoms with Crippen molar-refractivity contribution in [1.29, 1.82) is 0 Å². The van der Waals surface area contributed by atoms with Crippen LogP contribution in [-0.4, -0.2) is 33.8 Å². The maximum atomic E-state index is 14.3. The van der Waals surface area contributed by atoms with Gasteiger partial charge in [-0.2, -0.15) is 5.10 Å². The largest absolute Gasteiger partial charge is 0.436 e. The van der Waals surface area contributed by atoms with Gasteiger partial charge >= 0.3 is 6.03 Å². The fraction of sp³-hybridized carbons (Fsp3) is 0.333. The van der Waals surface area contributed by atoms with Crippen molar-refractivity contribution in [3.8, 4) is 22.9 Å². The Balaban J connectivity index is 2.08. The van der Waals surface area contributed by atoms with Crippen molar-refractivity contribution < 1.29 is 13.9 Å². The number of halogens is 1. The molecule has 3 rings (SSSR count). The maximum absolute atomic E-state index is 14.3. The van der Waals surface area contributed by atoms with Gasteiger partial charge in [0.2, 0.25) is 5.88 Å². The van der Waals surface area contributed by atoms with E-state index >= 15 is 0 Å². The molecular weight excluding hydrogens is 395 g/mol. The predicted octanol–water partition coefficient (Wildman–Crippen LogP) is 5.21. The number of carbonyl (C=O) groups excluding carboxylic acids is 1. The lowest BCUT2D eigenvalue weighted by molar-refractivity contribution is 0.188. The van der Waals surface area contributed by atoms with Crippen LogP contribution in [-0.2, 0) is 13.6 Å². The van der Waals surface area contributed by atoms with Gasteiger partial charge in [-0.3, -0.25) is 0 Å². The zero-order valence-electron chi connectivity index (χ0n) is 18.4. The number of nitrogens with zero attached hydrogens (tertiary/aromatic N) is 3. The van der Waals surface area contributed by atoms with Gasteiger partial charge in [0.15, 0.2) is 11.6 Å². The summed E-state index contributed by atoms with van der Waals surface area (Å²) in [7, 11) is 1.75. The highest BCUT2D eigenvalue weighted by Gasteiger charge is 2.25. The van der Waals surface area contributed by atoms with Crippen LogP contribution in [0, 0.1) is 11.7 Å². The van der Waals surface area contributed by atoms with Crippen LogP contribution in [0.3, 0.4) is 0 Å². The summed E-state index contributed by atoms with van der Waals surface area (Å²) in [6, 6.07) is 15.8. The van der Waals surface area contributed by atoms with Crippen molar-refractivity contribution >= 4 is 6.03 Å². The van der Waals surface area contributed by atoms with Crippen LogP contribution in [0.25, 0.3) is 11.3 Å². The third kappa shape index (κ3) is 5.42. The van der Waals surface area contributed by atoms with Crippen LogP contribution in [0.4, 0.5) is 9.18 Å². The molecule has 0 bridgehead atoms. The Morgan fingerprint density at radius 3 is 2.48 bits per heavy atom. The van der Waals surface area contributed by atoms with Gasteiger partial charge in [0.05, 0.1) is 12.1 Å². The molecule has 0 aliphatic carbocycles. The Labute approximate surface area is 182 Å². The third-order valence-corrected chi connectivity index (χ3v) is 4.73. The summed E-state index contributed by atoms with van der Waals surface area (Å²) in [4.78, 5) is 14.5. The molecule has 3 aromatic rings. The Bertz CT molecular complexity index is 1020. The second-order valence-corrected chi connectivity index (χ2v) is 7.76. The molecule has 0 radical (unpaired) electrons. The van der Waals surface area contributed by atoms with Crippen LogP contribution in [0.2, 0.25) is 0 Å². The van der Waals surface area contributed by atoms with E-state index in [1.165, 1.54) is 6.07 Å². The first-order chi connectivity index (χ1) is 14.9. The van der Waals surface area contributed by atoms with Crippen LogP contribution in [0.1, 0.15) is 26.3 Å². The molecule has 0 atom stereocenters. The van der Waals surface area contributed by atoms with E-state index in [-0.39, 0.29) is 24.2 Å². The van der Waals surface area contributed by atoms with Gasteiger partial charge in [-0.25, -0.2) is 13.9 Å². The summed E-state index contributed by atoms with van der Waals surface area (Å²) in [5.74, 6) is 0.329. The number of aryl methyl sites for hydroxylation is 1. The minimum atomic E-state index is -0.460. The van der Waals surface area contributed by atoms with Crippen molar-refractivity contribution in [2.45, 2.75) is 27.3 Å². The zero-order chi connectivity index (χ0) is 22.4. The van der Waals surface area contributed by atoms with Gasteiger partial charge in [0, 0.05) is 25.7 Å². The molecule has 7 heteroatoms. The number of hydrogen-bond donors (Lipinski definition) is 1. The molecule has 0 fully saturated rings. The van der Waals surface area contributed by atoms with Crippen molar-refractivity contribution in [1.82, 2.24) is 20.0 Å². The number of ether oxygens (including phenoxy) is 1. The molecule has 6 nitrogen and oxygen atoms in total. The number of urea groups is 1. The summed E-state index contributed by atoms with van der Waals surface area (Å²) >= 11 is 0. The smallest absolute Gasteiger partial charge is 0.317 e. The highest BCUT2D eigenvalue weighted by atomic mass is 19.1. The molecule has 0 aliphatic rings. The minimum Gasteiger partial charge on any atom is -0.436 e. The zero-order valence-corrected chi connectivity index (χ0v) is 18.4. The summed E-state index contributed by atoms with van der Waals surface area (Å²) in [5.41, 5.74) is 2.33. The standard InChI is InChI=1S/C24H29FN4O2/c1-5-26-24(30)29(15-17(2)3)16-19-22(18-11-7-6-8-12-18)27-28(4)23(19)31-21-14-10-9-13-20(21)25/h6-14,17H,5,15-16H2,1-4H3,(H,26,30). The Morgan fingerprint density at radius 1 is 1.16 bits per heavy atom. The molecule has 2 aromatic carbocycles. The SMILES string of the molecule is CCNC(=O)N(Cc1c(-c2ccccc2)nn(C)c1Oc1ccccc1F)CC(C)C. The van der Waals surface area contributed by atoms with E-state index in [9.17, 15) is 9.18 Å². The van der Waals surface area contributed by atoms with E-state index in [0.717, 1.165) is 11.1 Å². The van der Waals surface area contributed by atoms with Gasteiger partial charge in [0.25, 0.3) is 0 Å². The summed E-state index contributed by atoms with van der Waals surface area (Å²) < 4.78 is 21.9. The van der Waals surface area contributed by atoms with E-state index in [0.29, 0.717) is 24.7 Å². The van der Waals surface area contributed by atoms with Crippen LogP contribution in [0.15, 0.2) is 54.6 Å². The van der Waals surface area contributed by atoms with Crippen LogP contribution < -0.4 is 10.1 Å². The second-order valence-electron chi connectivity index (χ2n) is 7.76. The first kappa shape index (κ1) is 22.3. The van der Waals surface area contributed by atoms with Crippen LogP contribution in [0.5, 0.6) is 11.6 Å². The normalized spacial score (nSPS) is 10.9. The number of nitrogens with one attached hydrogen (secondary N) is 1. The van der Waals surface area contributed by atoms with Crippen molar-refractivity contribution in [3.63, 3.8) is 0 Å². The van der Waals surface area contributed by atoms with Crippen molar-refractivity contribution in [3.05, 3.63) is 66.0 Å². The number of hydrogen-bond acceptors (Lipinski definition) is 3. The molecule has 0 saturated heterocycles. The van der Waals surface area contributed by atoms with Gasteiger partial charge in [0.1, 0.15) is 5.69 Å². The van der Waals surface area contributed by atoms with Crippen LogP contribution >= 0.6 is 0 Å². The molecule has 1 N–H and O–H groups in total. The number of amides is 2. The van der Waals surface area contributed by atoms with E-state index < -0.39 is 5.82 Å². The lowest BCUT2D eigenvalue weighted by Crippen LogP contribution is -2.41. The summed E-state index contributed by atoms with van der Waals surface area (Å²) in [6.45, 7) is 7.39. The molecule has 1 aromatic heterocycles. The molecule has 0 aliphatic heterocycles. The Morgan fingerprint density at radius 2 is 1.84 bits per heavy atom. The molecule has 0 unspecified atom stereocenters. The number of rotatable bonds is 8. The molecule has 0 saturated carbocycles. The molecule has 0 spiro atoms. The number of benzene rings is 2. The van der Waals surface area contributed by atoms with E-state index in [4.69, 9.17) is 4.74 Å². The lowest BCUT2D eigenvalue weighted by atomic mass is 10.1. The molecule has 164 valence electrons. The van der Waals surface area contributed by atoms with E-state index in [1.54, 1.807) is 34.8 Å². The van der Waals surface area contributed by atoms with Gasteiger partial charge in [-0.1, -0.05) is 56.3 Å². The average molecular weight is 425 g/mol. The Hall–Kier alpha value is -3.35. The van der Waals surface area contributed by atoms with Gasteiger partial charge in [-0.15, -0.1) is 0 Å². The van der Waals surface area contributed by atoms with Gasteiger partial charge in [-0.05, 0) is 25.0 Å². The minimum absolute atomic E-state index is 0.111. The fourth-order valence-electron chi connectivity index (χ4n) is 3.40. The summed E-state index contributed by atoms with van der Waals surface area (Å²) in [6.07, 6.45) is 0. The first-order valence-corrected chi connectivity index (χ1v) is 10.5. The van der Waals surface area contributed by atoms with Gasteiger partial charge < -0.3 is 15.0 Å². The van der Waals surface area contributed by atoms with Crippen molar-refractivity contribution in [2.75, 3.05) is 13.1 Å². The molecule has 1 heterocycles. The number of carbonyl (C=O) groups is 1. The fourth-order valence-corrected chi connectivity index (χ4v) is 3.40. The topological polar surface area (TPSA) is 59.4 Å². The maximum Gasteiger partial charge on any atom is 0.317 e. The number of para-hydroxylation sites is 1. The molecule has 2 amide bonds. The average Bonchev–Trinajstić information content (AvgIpc) is 3.05. The first-order valence-electron chi connectivity index (χ1n) is 10.5. The number of aromatic nitrogens is 2. The van der Waals surface area contributed by atoms with Crippen molar-refractivity contribution in [2.24, 2.45) is 13.0 Å². The lowest BCUT2D eigenvalue weighted by Gasteiger charge is -2.25. The second kappa shape index (κ2) is 10.1. The summed E-state index contributed by atoms with van der Waals surface area (Å²) in [5, 5.41) is 7.53. The predicted molar refractivity (Wildman–Crippen MR) is 119 cm³/mol. The highest BCUT2D eigenvalue weighted by Crippen LogP contribution is 2.35. The quantitative estimate of drug-likeness (QED) is 0.540. The molecular formula is C24H29FN4O2. The third-order valence-electron chi connectivity index (χ3n) is 4.73. The van der Waals surface area contributed by atoms with E-state index in [2.05, 4.69) is 24.3 Å². The van der Waals surface area contributed by atoms with E-state index in [1.807, 2.05) is 37.3 Å². The Kier molecular flexibility index (Phi) is 7.28.